The monoisotopic (exact) mass is 320 g/mol. The highest BCUT2D eigenvalue weighted by Crippen LogP contribution is 2.18. The van der Waals surface area contributed by atoms with Crippen molar-refractivity contribution in [3.63, 3.8) is 0 Å². The standard InChI is InChI=1S/C16H24N4O3/c1-11(2)23-15-12(5-3-7-18-15)9-19-14(21)13-6-4-8-20(10-13)16(17)22/h3,5,7,11,13H,4,6,8-10H2,1-2H3,(H2,17,22)(H,19,21)/t13-/m0/s1. The summed E-state index contributed by atoms with van der Waals surface area (Å²) in [6, 6.07) is 3.22. The van der Waals surface area contributed by atoms with E-state index in [9.17, 15) is 9.59 Å². The molecule has 0 radical (unpaired) electrons. The van der Waals surface area contributed by atoms with Gasteiger partial charge in [-0.25, -0.2) is 9.78 Å². The molecule has 1 aliphatic rings. The molecule has 1 atom stereocenters. The van der Waals surface area contributed by atoms with Crippen molar-refractivity contribution in [3.8, 4) is 5.88 Å². The number of likely N-dealkylation sites (tertiary alicyclic amines) is 1. The maximum atomic E-state index is 12.3. The molecule has 0 aliphatic carbocycles. The van der Waals surface area contributed by atoms with E-state index in [0.717, 1.165) is 18.4 Å². The molecule has 3 amide bonds. The first-order chi connectivity index (χ1) is 11.0. The van der Waals surface area contributed by atoms with Crippen LogP contribution in [0.2, 0.25) is 0 Å². The Balaban J connectivity index is 1.93. The first-order valence-corrected chi connectivity index (χ1v) is 7.90. The first kappa shape index (κ1) is 17.1. The van der Waals surface area contributed by atoms with Crippen LogP contribution in [0.3, 0.4) is 0 Å². The number of carbonyl (C=O) groups is 2. The summed E-state index contributed by atoms with van der Waals surface area (Å²) in [5.74, 6) is 0.239. The van der Waals surface area contributed by atoms with Crippen LogP contribution in [-0.2, 0) is 11.3 Å². The zero-order valence-corrected chi connectivity index (χ0v) is 13.6. The smallest absolute Gasteiger partial charge is 0.314 e. The van der Waals surface area contributed by atoms with Gasteiger partial charge in [-0.05, 0) is 32.8 Å². The van der Waals surface area contributed by atoms with Gasteiger partial charge in [-0.15, -0.1) is 0 Å². The van der Waals surface area contributed by atoms with Crippen LogP contribution in [0.5, 0.6) is 5.88 Å². The van der Waals surface area contributed by atoms with Crippen LogP contribution in [0.15, 0.2) is 18.3 Å². The number of urea groups is 1. The lowest BCUT2D eigenvalue weighted by Gasteiger charge is -2.30. The Labute approximate surface area is 136 Å². The van der Waals surface area contributed by atoms with Crippen molar-refractivity contribution in [1.29, 1.82) is 0 Å². The molecule has 0 spiro atoms. The number of hydrogen-bond donors (Lipinski definition) is 2. The first-order valence-electron chi connectivity index (χ1n) is 7.90. The number of hydrogen-bond acceptors (Lipinski definition) is 4. The van der Waals surface area contributed by atoms with Gasteiger partial charge in [0.05, 0.1) is 12.0 Å². The lowest BCUT2D eigenvalue weighted by atomic mass is 9.97. The van der Waals surface area contributed by atoms with Gasteiger partial charge in [0.15, 0.2) is 0 Å². The molecule has 0 unspecified atom stereocenters. The SMILES string of the molecule is CC(C)Oc1ncccc1CNC(=O)[C@H]1CCCN(C(N)=O)C1. The highest BCUT2D eigenvalue weighted by Gasteiger charge is 2.27. The quantitative estimate of drug-likeness (QED) is 0.854. The third kappa shape index (κ3) is 4.84. The molecule has 2 heterocycles. The van der Waals surface area contributed by atoms with Gasteiger partial charge in [0, 0.05) is 31.4 Å². The predicted molar refractivity (Wildman–Crippen MR) is 85.7 cm³/mol. The Kier molecular flexibility index (Phi) is 5.78. The molecule has 1 fully saturated rings. The van der Waals surface area contributed by atoms with Gasteiger partial charge in [0.2, 0.25) is 11.8 Å². The van der Waals surface area contributed by atoms with E-state index in [1.54, 1.807) is 6.20 Å². The van der Waals surface area contributed by atoms with E-state index in [2.05, 4.69) is 10.3 Å². The van der Waals surface area contributed by atoms with Crippen LogP contribution in [0.25, 0.3) is 0 Å². The average Bonchev–Trinajstić information content (AvgIpc) is 2.53. The van der Waals surface area contributed by atoms with Crippen LogP contribution in [-0.4, -0.2) is 41.0 Å². The van der Waals surface area contributed by atoms with Gasteiger partial charge in [0.25, 0.3) is 0 Å². The number of aromatic nitrogens is 1. The minimum absolute atomic E-state index is 0.0156. The topological polar surface area (TPSA) is 97.6 Å². The second-order valence-corrected chi connectivity index (χ2v) is 5.98. The molecule has 1 saturated heterocycles. The lowest BCUT2D eigenvalue weighted by molar-refractivity contribution is -0.126. The molecule has 23 heavy (non-hydrogen) atoms. The van der Waals surface area contributed by atoms with Crippen LogP contribution < -0.4 is 15.8 Å². The number of nitrogens with two attached hydrogens (primary N) is 1. The molecular weight excluding hydrogens is 296 g/mol. The largest absolute Gasteiger partial charge is 0.475 e. The Morgan fingerprint density at radius 1 is 1.52 bits per heavy atom. The van der Waals surface area contributed by atoms with E-state index in [1.165, 1.54) is 4.90 Å². The highest BCUT2D eigenvalue weighted by molar-refractivity contribution is 5.80. The number of nitrogens with one attached hydrogen (secondary N) is 1. The van der Waals surface area contributed by atoms with Crippen molar-refractivity contribution in [2.45, 2.75) is 39.3 Å². The van der Waals surface area contributed by atoms with Crippen molar-refractivity contribution in [3.05, 3.63) is 23.9 Å². The van der Waals surface area contributed by atoms with Gasteiger partial charge >= 0.3 is 6.03 Å². The normalized spacial score (nSPS) is 17.9. The lowest BCUT2D eigenvalue weighted by Crippen LogP contribution is -2.47. The van der Waals surface area contributed by atoms with E-state index in [-0.39, 0.29) is 17.9 Å². The highest BCUT2D eigenvalue weighted by atomic mass is 16.5. The Hall–Kier alpha value is -2.31. The second kappa shape index (κ2) is 7.80. The third-order valence-corrected chi connectivity index (χ3v) is 3.75. The number of nitrogens with zero attached hydrogens (tertiary/aromatic N) is 2. The number of pyridine rings is 1. The summed E-state index contributed by atoms with van der Waals surface area (Å²) >= 11 is 0. The molecule has 3 N–H and O–H groups in total. The molecule has 0 bridgehead atoms. The molecule has 0 saturated carbocycles. The summed E-state index contributed by atoms with van der Waals surface area (Å²) in [7, 11) is 0. The summed E-state index contributed by atoms with van der Waals surface area (Å²) in [6.07, 6.45) is 3.23. The number of carbonyl (C=O) groups excluding carboxylic acids is 2. The van der Waals surface area contributed by atoms with Crippen LogP contribution in [0.4, 0.5) is 4.79 Å². The minimum atomic E-state index is -0.470. The van der Waals surface area contributed by atoms with E-state index >= 15 is 0 Å². The predicted octanol–water partition coefficient (Wildman–Crippen LogP) is 1.28. The van der Waals surface area contributed by atoms with Crippen molar-refractivity contribution in [2.75, 3.05) is 13.1 Å². The number of ether oxygens (including phenoxy) is 1. The van der Waals surface area contributed by atoms with Crippen molar-refractivity contribution in [2.24, 2.45) is 11.7 Å². The van der Waals surface area contributed by atoms with Gasteiger partial charge in [-0.1, -0.05) is 6.07 Å². The Morgan fingerprint density at radius 3 is 3.00 bits per heavy atom. The maximum absolute atomic E-state index is 12.3. The van der Waals surface area contributed by atoms with Crippen LogP contribution >= 0.6 is 0 Å². The fraction of sp³-hybridized carbons (Fsp3) is 0.562. The van der Waals surface area contributed by atoms with Gasteiger partial charge < -0.3 is 20.7 Å². The Morgan fingerprint density at radius 2 is 2.30 bits per heavy atom. The number of amides is 3. The van der Waals surface area contributed by atoms with Crippen molar-refractivity contribution < 1.29 is 14.3 Å². The van der Waals surface area contributed by atoms with Gasteiger partial charge in [0.1, 0.15) is 0 Å². The van der Waals surface area contributed by atoms with Crippen LogP contribution in [0, 0.1) is 5.92 Å². The summed E-state index contributed by atoms with van der Waals surface area (Å²) < 4.78 is 5.64. The number of primary amides is 1. The summed E-state index contributed by atoms with van der Waals surface area (Å²) in [4.78, 5) is 29.3. The second-order valence-electron chi connectivity index (χ2n) is 5.98. The molecule has 7 nitrogen and oxygen atoms in total. The molecule has 0 aromatic carbocycles. The fourth-order valence-corrected chi connectivity index (χ4v) is 2.61. The van der Waals surface area contributed by atoms with Crippen LogP contribution in [0.1, 0.15) is 32.3 Å². The molecule has 1 aliphatic heterocycles. The van der Waals surface area contributed by atoms with Gasteiger partial charge in [-0.2, -0.15) is 0 Å². The minimum Gasteiger partial charge on any atom is -0.475 e. The molecule has 7 heteroatoms. The molecule has 2 rings (SSSR count). The summed E-state index contributed by atoms with van der Waals surface area (Å²) in [6.45, 7) is 5.20. The zero-order valence-electron chi connectivity index (χ0n) is 13.6. The maximum Gasteiger partial charge on any atom is 0.314 e. The molecular formula is C16H24N4O3. The Bertz CT molecular complexity index is 562. The number of rotatable bonds is 5. The van der Waals surface area contributed by atoms with E-state index in [0.29, 0.717) is 25.5 Å². The number of piperidine rings is 1. The third-order valence-electron chi connectivity index (χ3n) is 3.75. The van der Waals surface area contributed by atoms with Crippen molar-refractivity contribution >= 4 is 11.9 Å². The van der Waals surface area contributed by atoms with E-state index in [1.807, 2.05) is 26.0 Å². The summed E-state index contributed by atoms with van der Waals surface area (Å²) in [5.41, 5.74) is 6.12. The zero-order chi connectivity index (χ0) is 16.8. The van der Waals surface area contributed by atoms with Crippen molar-refractivity contribution in [1.82, 2.24) is 15.2 Å². The molecule has 1 aromatic rings. The fourth-order valence-electron chi connectivity index (χ4n) is 2.61. The summed E-state index contributed by atoms with van der Waals surface area (Å²) in [5, 5.41) is 2.90. The molecule has 126 valence electrons. The molecule has 1 aromatic heterocycles. The van der Waals surface area contributed by atoms with E-state index < -0.39 is 6.03 Å². The average molecular weight is 320 g/mol. The van der Waals surface area contributed by atoms with E-state index in [4.69, 9.17) is 10.5 Å². The van der Waals surface area contributed by atoms with Gasteiger partial charge in [-0.3, -0.25) is 4.79 Å².